The summed E-state index contributed by atoms with van der Waals surface area (Å²) < 4.78 is 35.1. The molecule has 3 atom stereocenters. The summed E-state index contributed by atoms with van der Waals surface area (Å²) in [5.74, 6) is 1.79. The van der Waals surface area contributed by atoms with E-state index in [1.807, 2.05) is 25.5 Å². The zero-order valence-corrected chi connectivity index (χ0v) is 17.1. The van der Waals surface area contributed by atoms with Gasteiger partial charge in [-0.2, -0.15) is 5.10 Å². The number of rotatable bonds is 5. The Balaban J connectivity index is 1.84. The molecule has 0 amide bonds. The maximum atomic E-state index is 12.8. The Morgan fingerprint density at radius 2 is 1.96 bits per heavy atom. The van der Waals surface area contributed by atoms with Crippen LogP contribution in [-0.4, -0.2) is 45.6 Å². The monoisotopic (exact) mass is 397 g/mol. The van der Waals surface area contributed by atoms with Gasteiger partial charge in [0, 0.05) is 18.0 Å². The van der Waals surface area contributed by atoms with Crippen molar-refractivity contribution >= 4 is 10.0 Å². The van der Waals surface area contributed by atoms with Crippen molar-refractivity contribution in [2.75, 3.05) is 0 Å². The van der Waals surface area contributed by atoms with E-state index in [1.54, 1.807) is 13.8 Å². The Hall–Kier alpha value is -1.78. The van der Waals surface area contributed by atoms with Crippen LogP contribution in [0, 0.1) is 20.8 Å². The van der Waals surface area contributed by atoms with E-state index >= 15 is 0 Å². The second kappa shape index (κ2) is 7.33. The zero-order valence-electron chi connectivity index (χ0n) is 16.3. The van der Waals surface area contributed by atoms with Crippen molar-refractivity contribution in [1.29, 1.82) is 0 Å². The van der Waals surface area contributed by atoms with Gasteiger partial charge in [-0.25, -0.2) is 22.8 Å². The Labute approximate surface area is 159 Å². The number of aromatic nitrogens is 4. The van der Waals surface area contributed by atoms with Gasteiger partial charge in [0.1, 0.15) is 22.2 Å². The minimum Gasteiger partial charge on any atom is -0.391 e. The quantitative estimate of drug-likeness (QED) is 0.788. The Morgan fingerprint density at radius 1 is 1.26 bits per heavy atom. The van der Waals surface area contributed by atoms with E-state index in [0.717, 1.165) is 12.2 Å². The molecule has 0 spiro atoms. The maximum Gasteiger partial charge on any atom is 0.246 e. The highest BCUT2D eigenvalue weighted by molar-refractivity contribution is 7.89. The average molecular weight is 398 g/mol. The SMILES string of the molecule is Cc1nc([C@H]2CC[C@@H](O)[C@H](NS(=O)(=O)c3c(C)noc3C)C2)n(C(C)C)n1. The lowest BCUT2D eigenvalue weighted by molar-refractivity contribution is 0.0912. The lowest BCUT2D eigenvalue weighted by Gasteiger charge is -2.33. The molecule has 0 radical (unpaired) electrons. The molecule has 1 aliphatic carbocycles. The molecule has 0 aliphatic heterocycles. The van der Waals surface area contributed by atoms with Gasteiger partial charge in [0.25, 0.3) is 0 Å². The van der Waals surface area contributed by atoms with Gasteiger partial charge in [0.2, 0.25) is 10.0 Å². The van der Waals surface area contributed by atoms with E-state index in [9.17, 15) is 13.5 Å². The number of nitrogens with one attached hydrogen (secondary N) is 1. The average Bonchev–Trinajstić information content (AvgIpc) is 3.12. The van der Waals surface area contributed by atoms with E-state index in [1.165, 1.54) is 0 Å². The first-order chi connectivity index (χ1) is 12.6. The van der Waals surface area contributed by atoms with Crippen LogP contribution < -0.4 is 4.72 Å². The molecule has 150 valence electrons. The van der Waals surface area contributed by atoms with E-state index in [-0.39, 0.29) is 22.6 Å². The van der Waals surface area contributed by atoms with Gasteiger partial charge in [-0.3, -0.25) is 0 Å². The topological polar surface area (TPSA) is 123 Å². The summed E-state index contributed by atoms with van der Waals surface area (Å²) in [5.41, 5.74) is 0.303. The first kappa shape index (κ1) is 20.0. The minimum absolute atomic E-state index is 0.0226. The molecule has 0 saturated heterocycles. The van der Waals surface area contributed by atoms with Crippen molar-refractivity contribution in [2.45, 2.75) is 82.9 Å². The largest absolute Gasteiger partial charge is 0.391 e. The van der Waals surface area contributed by atoms with Gasteiger partial charge >= 0.3 is 0 Å². The molecule has 2 heterocycles. The summed E-state index contributed by atoms with van der Waals surface area (Å²) in [6, 6.07) is -0.453. The van der Waals surface area contributed by atoms with Crippen molar-refractivity contribution < 1.29 is 18.0 Å². The molecule has 1 aliphatic rings. The van der Waals surface area contributed by atoms with Crippen LogP contribution >= 0.6 is 0 Å². The molecule has 2 aromatic heterocycles. The van der Waals surface area contributed by atoms with Gasteiger partial charge in [-0.05, 0) is 53.9 Å². The molecular weight excluding hydrogens is 370 g/mol. The van der Waals surface area contributed by atoms with Gasteiger partial charge in [0.05, 0.1) is 6.10 Å². The highest BCUT2D eigenvalue weighted by atomic mass is 32.2. The van der Waals surface area contributed by atoms with Crippen LogP contribution in [0.5, 0.6) is 0 Å². The molecule has 2 N–H and O–H groups in total. The molecule has 3 rings (SSSR count). The van der Waals surface area contributed by atoms with Crippen molar-refractivity contribution in [3.8, 4) is 0 Å². The molecule has 0 aromatic carbocycles. The standard InChI is InChI=1S/C17H27N5O4S/c1-9(2)22-17(18-12(5)19-22)13-6-7-15(23)14(8-13)21-27(24,25)16-10(3)20-26-11(16)4/h9,13-15,21,23H,6-8H2,1-5H3/t13-,14+,15+/m0/s1. The molecule has 1 fully saturated rings. The van der Waals surface area contributed by atoms with E-state index in [4.69, 9.17) is 4.52 Å². The number of nitrogens with zero attached hydrogens (tertiary/aromatic N) is 4. The van der Waals surface area contributed by atoms with Crippen molar-refractivity contribution in [2.24, 2.45) is 0 Å². The van der Waals surface area contributed by atoms with Crippen molar-refractivity contribution in [3.05, 3.63) is 23.1 Å². The molecule has 0 bridgehead atoms. The third kappa shape index (κ3) is 3.92. The number of hydrogen-bond acceptors (Lipinski definition) is 7. The lowest BCUT2D eigenvalue weighted by atomic mass is 9.83. The van der Waals surface area contributed by atoms with Crippen molar-refractivity contribution in [1.82, 2.24) is 24.6 Å². The summed E-state index contributed by atoms with van der Waals surface area (Å²) >= 11 is 0. The lowest BCUT2D eigenvalue weighted by Crippen LogP contribution is -2.47. The molecule has 27 heavy (non-hydrogen) atoms. The first-order valence-electron chi connectivity index (χ1n) is 9.16. The second-order valence-corrected chi connectivity index (χ2v) is 9.16. The van der Waals surface area contributed by atoms with E-state index in [2.05, 4.69) is 20.0 Å². The number of aryl methyl sites for hydroxylation is 3. The Kier molecular flexibility index (Phi) is 5.42. The van der Waals surface area contributed by atoms with Gasteiger partial charge < -0.3 is 9.63 Å². The normalized spacial score (nSPS) is 23.9. The van der Waals surface area contributed by atoms with Crippen LogP contribution in [0.25, 0.3) is 0 Å². The van der Waals surface area contributed by atoms with E-state index in [0.29, 0.717) is 24.4 Å². The predicted molar refractivity (Wildman–Crippen MR) is 97.8 cm³/mol. The van der Waals surface area contributed by atoms with Crippen molar-refractivity contribution in [3.63, 3.8) is 0 Å². The number of aliphatic hydroxyl groups excluding tert-OH is 1. The highest BCUT2D eigenvalue weighted by Crippen LogP contribution is 2.34. The number of sulfonamides is 1. The van der Waals surface area contributed by atoms with E-state index < -0.39 is 22.2 Å². The Bertz CT molecular complexity index is 898. The van der Waals surface area contributed by atoms with Crippen LogP contribution in [-0.2, 0) is 10.0 Å². The summed E-state index contributed by atoms with van der Waals surface area (Å²) in [7, 11) is -3.85. The summed E-state index contributed by atoms with van der Waals surface area (Å²) in [6.45, 7) is 9.05. The van der Waals surface area contributed by atoms with Crippen LogP contribution in [0.2, 0.25) is 0 Å². The van der Waals surface area contributed by atoms with Gasteiger partial charge in [-0.15, -0.1) is 0 Å². The zero-order chi connectivity index (χ0) is 19.9. The molecular formula is C17H27N5O4S. The fourth-order valence-electron chi connectivity index (χ4n) is 3.74. The number of hydrogen-bond donors (Lipinski definition) is 2. The first-order valence-corrected chi connectivity index (χ1v) is 10.6. The fourth-order valence-corrected chi connectivity index (χ4v) is 5.35. The maximum absolute atomic E-state index is 12.8. The van der Waals surface area contributed by atoms with Crippen LogP contribution in [0.4, 0.5) is 0 Å². The molecule has 10 heteroatoms. The summed E-state index contributed by atoms with van der Waals surface area (Å²) in [5, 5.41) is 18.6. The molecule has 9 nitrogen and oxygen atoms in total. The highest BCUT2D eigenvalue weighted by Gasteiger charge is 2.37. The smallest absolute Gasteiger partial charge is 0.246 e. The third-order valence-corrected chi connectivity index (χ3v) is 6.71. The minimum atomic E-state index is -3.85. The van der Waals surface area contributed by atoms with Crippen LogP contribution in [0.3, 0.4) is 0 Å². The molecule has 2 aromatic rings. The predicted octanol–water partition coefficient (Wildman–Crippen LogP) is 1.75. The Morgan fingerprint density at radius 3 is 2.56 bits per heavy atom. The van der Waals surface area contributed by atoms with Gasteiger partial charge in [-0.1, -0.05) is 5.16 Å². The molecule has 0 unspecified atom stereocenters. The number of aliphatic hydroxyl groups is 1. The fraction of sp³-hybridized carbons (Fsp3) is 0.706. The van der Waals surface area contributed by atoms with Gasteiger partial charge in [0.15, 0.2) is 5.76 Å². The second-order valence-electron chi connectivity index (χ2n) is 7.51. The molecule has 1 saturated carbocycles. The summed E-state index contributed by atoms with van der Waals surface area (Å²) in [6.07, 6.45) is 0.918. The van der Waals surface area contributed by atoms with Crippen LogP contribution in [0.15, 0.2) is 9.42 Å². The summed E-state index contributed by atoms with van der Waals surface area (Å²) in [4.78, 5) is 4.60. The third-order valence-electron chi connectivity index (χ3n) is 4.97. The van der Waals surface area contributed by atoms with Crippen LogP contribution in [0.1, 0.15) is 68.2 Å².